The van der Waals surface area contributed by atoms with Crippen molar-refractivity contribution < 1.29 is 9.59 Å². The minimum atomic E-state index is -0.662. The van der Waals surface area contributed by atoms with Gasteiger partial charge in [0.15, 0.2) is 0 Å². The summed E-state index contributed by atoms with van der Waals surface area (Å²) in [5.74, 6) is 0.0724. The third-order valence-corrected chi connectivity index (χ3v) is 6.88. The maximum atomic E-state index is 13.9. The number of hydrogen-bond acceptors (Lipinski definition) is 3. The van der Waals surface area contributed by atoms with E-state index in [1.807, 2.05) is 69.3 Å². The normalized spacial score (nSPS) is 17.0. The number of carbonyl (C=O) groups is 2. The van der Waals surface area contributed by atoms with E-state index in [4.69, 9.17) is 0 Å². The fourth-order valence-corrected chi connectivity index (χ4v) is 5.09. The van der Waals surface area contributed by atoms with Crippen LogP contribution in [0.25, 0.3) is 10.9 Å². The second-order valence-electron chi connectivity index (χ2n) is 8.95. The van der Waals surface area contributed by atoms with Crippen molar-refractivity contribution in [1.29, 1.82) is 0 Å². The first-order chi connectivity index (χ1) is 16.5. The molecule has 1 aliphatic rings. The van der Waals surface area contributed by atoms with Crippen LogP contribution in [0.2, 0.25) is 0 Å². The lowest BCUT2D eigenvalue weighted by Gasteiger charge is -2.36. The summed E-state index contributed by atoms with van der Waals surface area (Å²) in [7, 11) is 0. The molecule has 6 heteroatoms. The molecular weight excluding hydrogens is 424 g/mol. The van der Waals surface area contributed by atoms with Crippen molar-refractivity contribution >= 4 is 28.5 Å². The zero-order valence-electron chi connectivity index (χ0n) is 19.6. The summed E-state index contributed by atoms with van der Waals surface area (Å²) >= 11 is 0. The minimum Gasteiger partial charge on any atom is -0.358 e. The van der Waals surface area contributed by atoms with Gasteiger partial charge in [-0.3, -0.25) is 9.59 Å². The van der Waals surface area contributed by atoms with Crippen LogP contribution in [-0.2, 0) is 4.79 Å². The van der Waals surface area contributed by atoms with Crippen LogP contribution in [0.15, 0.2) is 72.9 Å². The number of nitrogens with zero attached hydrogens (tertiary/aromatic N) is 2. The quantitative estimate of drug-likeness (QED) is 0.407. The van der Waals surface area contributed by atoms with Crippen molar-refractivity contribution in [2.75, 3.05) is 5.32 Å². The highest BCUT2D eigenvalue weighted by Gasteiger charge is 2.46. The number of aryl methyl sites for hydroxylation is 1. The van der Waals surface area contributed by atoms with Crippen LogP contribution in [0.3, 0.4) is 0 Å². The van der Waals surface area contributed by atoms with E-state index in [0.717, 1.165) is 34.1 Å². The summed E-state index contributed by atoms with van der Waals surface area (Å²) in [6.07, 6.45) is 2.39. The van der Waals surface area contributed by atoms with Crippen molar-refractivity contribution in [3.63, 3.8) is 0 Å². The van der Waals surface area contributed by atoms with Gasteiger partial charge in [-0.2, -0.15) is 0 Å². The second-order valence-corrected chi connectivity index (χ2v) is 8.95. The van der Waals surface area contributed by atoms with Gasteiger partial charge in [-0.25, -0.2) is 4.98 Å². The fourth-order valence-electron chi connectivity index (χ4n) is 5.09. The average Bonchev–Trinajstić information content (AvgIpc) is 3.33. The number of nitrogens with one attached hydrogen (secondary N) is 2. The molecule has 1 aliphatic heterocycles. The fraction of sp³-hybridized carbons (Fsp3) is 0.250. The molecule has 3 atom stereocenters. The molecule has 2 aromatic heterocycles. The second kappa shape index (κ2) is 8.78. The van der Waals surface area contributed by atoms with Gasteiger partial charge < -0.3 is 15.2 Å². The molecule has 3 unspecified atom stereocenters. The van der Waals surface area contributed by atoms with Crippen molar-refractivity contribution in [3.05, 3.63) is 95.3 Å². The third-order valence-electron chi connectivity index (χ3n) is 6.88. The van der Waals surface area contributed by atoms with Gasteiger partial charge in [-0.15, -0.1) is 0 Å². The first-order valence-electron chi connectivity index (χ1n) is 11.7. The zero-order valence-corrected chi connectivity index (χ0v) is 19.6. The molecule has 3 heterocycles. The Morgan fingerprint density at radius 2 is 1.82 bits per heavy atom. The Bertz CT molecular complexity index is 1360. The Morgan fingerprint density at radius 3 is 2.59 bits per heavy atom. The first kappa shape index (κ1) is 21.9. The first-order valence-corrected chi connectivity index (χ1v) is 11.7. The maximum Gasteiger partial charge on any atom is 0.255 e. The number of benzene rings is 2. The lowest BCUT2D eigenvalue weighted by molar-refractivity contribution is -0.122. The Balaban J connectivity index is 1.67. The van der Waals surface area contributed by atoms with E-state index in [0.29, 0.717) is 11.4 Å². The van der Waals surface area contributed by atoms with Crippen LogP contribution in [0.1, 0.15) is 53.5 Å². The SMILES string of the molecule is CCC(C)C(C(=O)Nc1ccccn1)N1C(=O)c2ccccc2C1c1c(C)[nH]c2ccccc12. The van der Waals surface area contributed by atoms with Crippen molar-refractivity contribution in [3.8, 4) is 0 Å². The van der Waals surface area contributed by atoms with E-state index < -0.39 is 6.04 Å². The van der Waals surface area contributed by atoms with Gasteiger partial charge in [0.1, 0.15) is 11.9 Å². The molecule has 0 radical (unpaired) electrons. The number of amides is 2. The average molecular weight is 453 g/mol. The van der Waals surface area contributed by atoms with E-state index in [1.165, 1.54) is 0 Å². The van der Waals surface area contributed by atoms with Crippen LogP contribution in [0, 0.1) is 12.8 Å². The monoisotopic (exact) mass is 452 g/mol. The van der Waals surface area contributed by atoms with Gasteiger partial charge in [-0.05, 0) is 42.7 Å². The number of anilines is 1. The lowest BCUT2D eigenvalue weighted by Crippen LogP contribution is -2.50. The van der Waals surface area contributed by atoms with Crippen LogP contribution in [-0.4, -0.2) is 32.7 Å². The molecule has 2 amide bonds. The summed E-state index contributed by atoms with van der Waals surface area (Å²) in [5.41, 5.74) is 4.63. The van der Waals surface area contributed by atoms with Gasteiger partial charge in [0, 0.05) is 33.9 Å². The highest BCUT2D eigenvalue weighted by Crippen LogP contribution is 2.45. The Kier molecular flexibility index (Phi) is 5.65. The molecule has 0 aliphatic carbocycles. The topological polar surface area (TPSA) is 78.1 Å². The number of carbonyl (C=O) groups excluding carboxylic acids is 2. The predicted molar refractivity (Wildman–Crippen MR) is 134 cm³/mol. The largest absolute Gasteiger partial charge is 0.358 e. The van der Waals surface area contributed by atoms with Gasteiger partial charge >= 0.3 is 0 Å². The summed E-state index contributed by atoms with van der Waals surface area (Å²) in [5, 5.41) is 4.01. The van der Waals surface area contributed by atoms with E-state index in [-0.39, 0.29) is 23.8 Å². The number of fused-ring (bicyclic) bond motifs is 2. The van der Waals surface area contributed by atoms with Crippen molar-refractivity contribution in [1.82, 2.24) is 14.9 Å². The van der Waals surface area contributed by atoms with E-state index in [1.54, 1.807) is 23.2 Å². The molecule has 0 fully saturated rings. The van der Waals surface area contributed by atoms with Crippen LogP contribution >= 0.6 is 0 Å². The highest BCUT2D eigenvalue weighted by molar-refractivity contribution is 6.05. The van der Waals surface area contributed by atoms with Crippen LogP contribution in [0.5, 0.6) is 0 Å². The number of para-hydroxylation sites is 1. The molecule has 0 spiro atoms. The molecular formula is C28H28N4O2. The molecule has 4 aromatic rings. The third kappa shape index (κ3) is 3.55. The van der Waals surface area contributed by atoms with E-state index in [2.05, 4.69) is 21.4 Å². The number of hydrogen-bond donors (Lipinski definition) is 2. The number of pyridine rings is 1. The van der Waals surface area contributed by atoms with Gasteiger partial charge in [0.05, 0.1) is 6.04 Å². The Hall–Kier alpha value is -3.93. The molecule has 0 bridgehead atoms. The molecule has 2 N–H and O–H groups in total. The zero-order chi connectivity index (χ0) is 23.8. The van der Waals surface area contributed by atoms with Crippen molar-refractivity contribution in [2.24, 2.45) is 5.92 Å². The number of aromatic nitrogens is 2. The molecule has 172 valence electrons. The van der Waals surface area contributed by atoms with Crippen LogP contribution < -0.4 is 5.32 Å². The summed E-state index contributed by atoms with van der Waals surface area (Å²) < 4.78 is 0. The summed E-state index contributed by atoms with van der Waals surface area (Å²) in [6, 6.07) is 20.2. The van der Waals surface area contributed by atoms with E-state index >= 15 is 0 Å². The Labute approximate surface area is 199 Å². The predicted octanol–water partition coefficient (Wildman–Crippen LogP) is 5.47. The number of rotatable bonds is 6. The lowest BCUT2D eigenvalue weighted by atomic mass is 9.91. The molecule has 0 saturated heterocycles. The number of aromatic amines is 1. The maximum absolute atomic E-state index is 13.9. The van der Waals surface area contributed by atoms with E-state index in [9.17, 15) is 9.59 Å². The van der Waals surface area contributed by atoms with Gasteiger partial charge in [0.2, 0.25) is 5.91 Å². The standard InChI is InChI=1S/C28H28N4O2/c1-4-17(2)25(27(33)31-23-15-9-10-16-29-23)32-26(19-11-5-6-12-20(19)28(32)34)24-18(3)30-22-14-8-7-13-21(22)24/h5-17,25-26,30H,4H2,1-3H3,(H,29,31,33). The highest BCUT2D eigenvalue weighted by atomic mass is 16.2. The van der Waals surface area contributed by atoms with Gasteiger partial charge in [-0.1, -0.05) is 62.7 Å². The van der Waals surface area contributed by atoms with Gasteiger partial charge in [0.25, 0.3) is 5.91 Å². The van der Waals surface area contributed by atoms with Crippen molar-refractivity contribution in [2.45, 2.75) is 39.3 Å². The summed E-state index contributed by atoms with van der Waals surface area (Å²) in [4.78, 5) is 37.1. The molecule has 34 heavy (non-hydrogen) atoms. The summed E-state index contributed by atoms with van der Waals surface area (Å²) in [6.45, 7) is 6.11. The van der Waals surface area contributed by atoms with Crippen LogP contribution in [0.4, 0.5) is 5.82 Å². The molecule has 5 rings (SSSR count). The smallest absolute Gasteiger partial charge is 0.255 e. The Morgan fingerprint density at radius 1 is 1.09 bits per heavy atom. The molecule has 6 nitrogen and oxygen atoms in total. The minimum absolute atomic E-state index is 0.0602. The molecule has 2 aromatic carbocycles. The molecule has 0 saturated carbocycles. The number of H-pyrrole nitrogens is 1.